The molecule has 0 N–H and O–H groups in total. The highest BCUT2D eigenvalue weighted by Gasteiger charge is 2.22. The lowest BCUT2D eigenvalue weighted by Crippen LogP contribution is -2.33. The summed E-state index contributed by atoms with van der Waals surface area (Å²) in [5.74, 6) is 0. The van der Waals surface area contributed by atoms with Gasteiger partial charge in [0, 0.05) is 6.04 Å². The Morgan fingerprint density at radius 3 is 3.14 bits per heavy atom. The Labute approximate surface area is 90.7 Å². The molecular formula is C12H19NS. The standard InChI is InChI=1S/C12H19NS/c1-2-7-13-8-4-3-5-12(13)11-6-9-14-10-11/h6,9-10,12H,2-5,7-8H2,1H3. The molecule has 1 nitrogen and oxygen atoms in total. The van der Waals surface area contributed by atoms with E-state index in [1.807, 2.05) is 11.3 Å². The van der Waals surface area contributed by atoms with Gasteiger partial charge >= 0.3 is 0 Å². The Kier molecular flexibility index (Phi) is 3.60. The zero-order chi connectivity index (χ0) is 9.80. The van der Waals surface area contributed by atoms with E-state index in [0.29, 0.717) is 0 Å². The third kappa shape index (κ3) is 2.18. The molecule has 2 heteroatoms. The molecule has 0 saturated carbocycles. The van der Waals surface area contributed by atoms with Gasteiger partial charge in [-0.3, -0.25) is 4.90 Å². The van der Waals surface area contributed by atoms with Crippen LogP contribution in [0.15, 0.2) is 16.8 Å². The van der Waals surface area contributed by atoms with Crippen LogP contribution in [0.5, 0.6) is 0 Å². The number of likely N-dealkylation sites (tertiary alicyclic amines) is 1. The first-order valence-corrected chi connectivity index (χ1v) is 6.62. The molecule has 0 radical (unpaired) electrons. The van der Waals surface area contributed by atoms with E-state index >= 15 is 0 Å². The first-order chi connectivity index (χ1) is 6.92. The Morgan fingerprint density at radius 2 is 2.43 bits per heavy atom. The Hall–Kier alpha value is -0.340. The molecule has 2 heterocycles. The Bertz CT molecular complexity index is 253. The highest BCUT2D eigenvalue weighted by molar-refractivity contribution is 7.07. The molecule has 0 amide bonds. The quantitative estimate of drug-likeness (QED) is 0.734. The van der Waals surface area contributed by atoms with Crippen molar-refractivity contribution in [2.24, 2.45) is 0 Å². The minimum atomic E-state index is 0.718. The molecule has 2 rings (SSSR count). The first kappa shape index (κ1) is 10.2. The molecule has 0 aliphatic carbocycles. The number of rotatable bonds is 3. The smallest absolute Gasteiger partial charge is 0.0356 e. The van der Waals surface area contributed by atoms with Crippen LogP contribution in [-0.2, 0) is 0 Å². The zero-order valence-electron chi connectivity index (χ0n) is 8.91. The third-order valence-electron chi connectivity index (χ3n) is 3.05. The number of nitrogens with zero attached hydrogens (tertiary/aromatic N) is 1. The number of hydrogen-bond acceptors (Lipinski definition) is 2. The van der Waals surface area contributed by atoms with Crippen molar-refractivity contribution in [2.75, 3.05) is 13.1 Å². The molecule has 14 heavy (non-hydrogen) atoms. The number of hydrogen-bond donors (Lipinski definition) is 0. The SMILES string of the molecule is CCCN1CCCCC1c1ccsc1. The molecule has 1 aliphatic rings. The van der Waals surface area contributed by atoms with Gasteiger partial charge in [-0.15, -0.1) is 0 Å². The lowest BCUT2D eigenvalue weighted by Gasteiger charge is -2.35. The second-order valence-corrected chi connectivity index (χ2v) is 4.88. The molecular weight excluding hydrogens is 190 g/mol. The maximum Gasteiger partial charge on any atom is 0.0356 e. The van der Waals surface area contributed by atoms with Crippen molar-refractivity contribution in [1.82, 2.24) is 4.90 Å². The summed E-state index contributed by atoms with van der Waals surface area (Å²) in [5.41, 5.74) is 1.54. The van der Waals surface area contributed by atoms with Crippen molar-refractivity contribution in [3.05, 3.63) is 22.4 Å². The van der Waals surface area contributed by atoms with E-state index in [1.165, 1.54) is 38.8 Å². The van der Waals surface area contributed by atoms with Crippen LogP contribution in [0.4, 0.5) is 0 Å². The average molecular weight is 209 g/mol. The molecule has 78 valence electrons. The normalized spacial score (nSPS) is 23.9. The van der Waals surface area contributed by atoms with Crippen molar-refractivity contribution in [1.29, 1.82) is 0 Å². The summed E-state index contributed by atoms with van der Waals surface area (Å²) in [7, 11) is 0. The average Bonchev–Trinajstić information content (AvgIpc) is 2.72. The minimum Gasteiger partial charge on any atom is -0.296 e. The van der Waals surface area contributed by atoms with Crippen molar-refractivity contribution in [3.63, 3.8) is 0 Å². The zero-order valence-corrected chi connectivity index (χ0v) is 9.72. The lowest BCUT2D eigenvalue weighted by atomic mass is 9.97. The van der Waals surface area contributed by atoms with Gasteiger partial charge in [0.1, 0.15) is 0 Å². The van der Waals surface area contributed by atoms with E-state index in [9.17, 15) is 0 Å². The molecule has 1 fully saturated rings. The van der Waals surface area contributed by atoms with Crippen LogP contribution in [0.3, 0.4) is 0 Å². The van der Waals surface area contributed by atoms with Crippen molar-refractivity contribution in [2.45, 2.75) is 38.6 Å². The van der Waals surface area contributed by atoms with Crippen molar-refractivity contribution >= 4 is 11.3 Å². The van der Waals surface area contributed by atoms with Gasteiger partial charge in [-0.25, -0.2) is 0 Å². The largest absolute Gasteiger partial charge is 0.296 e. The molecule has 0 bridgehead atoms. The summed E-state index contributed by atoms with van der Waals surface area (Å²) in [6, 6.07) is 3.01. The van der Waals surface area contributed by atoms with Gasteiger partial charge in [-0.05, 0) is 54.7 Å². The third-order valence-corrected chi connectivity index (χ3v) is 3.75. The second-order valence-electron chi connectivity index (χ2n) is 4.10. The Balaban J connectivity index is 2.06. The van der Waals surface area contributed by atoms with Gasteiger partial charge in [0.2, 0.25) is 0 Å². The van der Waals surface area contributed by atoms with Gasteiger partial charge in [0.15, 0.2) is 0 Å². The monoisotopic (exact) mass is 209 g/mol. The van der Waals surface area contributed by atoms with Crippen LogP contribution < -0.4 is 0 Å². The number of thiophene rings is 1. The van der Waals surface area contributed by atoms with Gasteiger partial charge in [0.05, 0.1) is 0 Å². The predicted octanol–water partition coefficient (Wildman–Crippen LogP) is 3.69. The van der Waals surface area contributed by atoms with E-state index < -0.39 is 0 Å². The van der Waals surface area contributed by atoms with E-state index in [2.05, 4.69) is 28.7 Å². The maximum absolute atomic E-state index is 2.66. The van der Waals surface area contributed by atoms with Crippen LogP contribution in [0.2, 0.25) is 0 Å². The van der Waals surface area contributed by atoms with Gasteiger partial charge in [-0.2, -0.15) is 11.3 Å². The predicted molar refractivity (Wildman–Crippen MR) is 62.8 cm³/mol. The summed E-state index contributed by atoms with van der Waals surface area (Å²) >= 11 is 1.83. The molecule has 1 aromatic rings. The molecule has 1 aromatic heterocycles. The second kappa shape index (κ2) is 4.94. The molecule has 1 atom stereocenters. The van der Waals surface area contributed by atoms with Crippen LogP contribution >= 0.6 is 11.3 Å². The molecule has 0 aromatic carbocycles. The van der Waals surface area contributed by atoms with Crippen LogP contribution in [0, 0.1) is 0 Å². The van der Waals surface area contributed by atoms with Gasteiger partial charge < -0.3 is 0 Å². The fourth-order valence-electron chi connectivity index (χ4n) is 2.39. The van der Waals surface area contributed by atoms with Crippen molar-refractivity contribution in [3.8, 4) is 0 Å². The fourth-order valence-corrected chi connectivity index (χ4v) is 3.09. The topological polar surface area (TPSA) is 3.24 Å². The van der Waals surface area contributed by atoms with Crippen LogP contribution in [-0.4, -0.2) is 18.0 Å². The van der Waals surface area contributed by atoms with Gasteiger partial charge in [-0.1, -0.05) is 13.3 Å². The maximum atomic E-state index is 2.66. The lowest BCUT2D eigenvalue weighted by molar-refractivity contribution is 0.149. The van der Waals surface area contributed by atoms with Crippen LogP contribution in [0.25, 0.3) is 0 Å². The van der Waals surface area contributed by atoms with Gasteiger partial charge in [0.25, 0.3) is 0 Å². The Morgan fingerprint density at radius 1 is 1.50 bits per heavy atom. The van der Waals surface area contributed by atoms with E-state index in [-0.39, 0.29) is 0 Å². The summed E-state index contributed by atoms with van der Waals surface area (Å²) in [5, 5.41) is 4.52. The fraction of sp³-hybridized carbons (Fsp3) is 0.667. The van der Waals surface area contributed by atoms with E-state index in [4.69, 9.17) is 0 Å². The first-order valence-electron chi connectivity index (χ1n) is 5.68. The molecule has 0 spiro atoms. The highest BCUT2D eigenvalue weighted by atomic mass is 32.1. The highest BCUT2D eigenvalue weighted by Crippen LogP contribution is 2.31. The minimum absolute atomic E-state index is 0.718. The van der Waals surface area contributed by atoms with E-state index in [0.717, 1.165) is 6.04 Å². The van der Waals surface area contributed by atoms with Crippen molar-refractivity contribution < 1.29 is 0 Å². The van der Waals surface area contributed by atoms with Crippen LogP contribution in [0.1, 0.15) is 44.2 Å². The summed E-state index contributed by atoms with van der Waals surface area (Å²) < 4.78 is 0. The number of piperidine rings is 1. The summed E-state index contributed by atoms with van der Waals surface area (Å²) in [6.07, 6.45) is 5.43. The van der Waals surface area contributed by atoms with E-state index in [1.54, 1.807) is 5.56 Å². The molecule has 1 unspecified atom stereocenters. The molecule has 1 aliphatic heterocycles. The molecule has 1 saturated heterocycles. The summed E-state index contributed by atoms with van der Waals surface area (Å²) in [4.78, 5) is 2.66. The summed E-state index contributed by atoms with van der Waals surface area (Å²) in [6.45, 7) is 4.84.